The van der Waals surface area contributed by atoms with E-state index >= 15 is 0 Å². The number of benzene rings is 1. The molecule has 78 valence electrons. The Labute approximate surface area is 84.2 Å². The van der Waals surface area contributed by atoms with Gasteiger partial charge in [0.25, 0.3) is 0 Å². The van der Waals surface area contributed by atoms with Crippen molar-refractivity contribution >= 4 is 11.6 Å². The SMILES string of the molecule is CONCc1c(F)cc(O)c(Cl)c1F. The summed E-state index contributed by atoms with van der Waals surface area (Å²) < 4.78 is 26.3. The fourth-order valence-corrected chi connectivity index (χ4v) is 1.10. The highest BCUT2D eigenvalue weighted by atomic mass is 35.5. The molecule has 0 aliphatic heterocycles. The molecule has 0 bridgehead atoms. The van der Waals surface area contributed by atoms with Crippen molar-refractivity contribution in [2.24, 2.45) is 0 Å². The number of halogens is 3. The summed E-state index contributed by atoms with van der Waals surface area (Å²) >= 11 is 5.37. The van der Waals surface area contributed by atoms with Crippen LogP contribution in [0.25, 0.3) is 0 Å². The number of hydrogen-bond acceptors (Lipinski definition) is 3. The average molecular weight is 224 g/mol. The second-order valence-electron chi connectivity index (χ2n) is 2.51. The molecule has 0 heterocycles. The Bertz CT molecular complexity index is 347. The lowest BCUT2D eigenvalue weighted by atomic mass is 10.2. The van der Waals surface area contributed by atoms with Crippen molar-refractivity contribution in [2.45, 2.75) is 6.54 Å². The third-order valence-corrected chi connectivity index (χ3v) is 1.99. The van der Waals surface area contributed by atoms with Gasteiger partial charge in [-0.1, -0.05) is 11.6 Å². The Morgan fingerprint density at radius 2 is 2.21 bits per heavy atom. The predicted molar refractivity (Wildman–Crippen MR) is 46.9 cm³/mol. The van der Waals surface area contributed by atoms with E-state index in [1.165, 1.54) is 7.11 Å². The molecule has 0 aromatic heterocycles. The number of nitrogens with one attached hydrogen (secondary N) is 1. The molecule has 2 N–H and O–H groups in total. The number of rotatable bonds is 3. The van der Waals surface area contributed by atoms with E-state index in [-0.39, 0.29) is 12.1 Å². The van der Waals surface area contributed by atoms with Gasteiger partial charge in [-0.05, 0) is 0 Å². The van der Waals surface area contributed by atoms with Gasteiger partial charge in [0.15, 0.2) is 5.82 Å². The van der Waals surface area contributed by atoms with Crippen LogP contribution in [0.1, 0.15) is 5.56 Å². The monoisotopic (exact) mass is 223 g/mol. The van der Waals surface area contributed by atoms with Gasteiger partial charge in [0.1, 0.15) is 16.6 Å². The van der Waals surface area contributed by atoms with E-state index in [1.54, 1.807) is 0 Å². The molecule has 1 aromatic rings. The summed E-state index contributed by atoms with van der Waals surface area (Å²) in [6.45, 7) is -0.172. The first kappa shape index (κ1) is 11.2. The van der Waals surface area contributed by atoms with Gasteiger partial charge < -0.3 is 9.94 Å². The highest BCUT2D eigenvalue weighted by Crippen LogP contribution is 2.30. The molecule has 0 aliphatic carbocycles. The van der Waals surface area contributed by atoms with Gasteiger partial charge in [0, 0.05) is 11.6 Å². The van der Waals surface area contributed by atoms with Gasteiger partial charge in [-0.2, -0.15) is 5.48 Å². The summed E-state index contributed by atoms with van der Waals surface area (Å²) in [5.41, 5.74) is 1.99. The van der Waals surface area contributed by atoms with Crippen LogP contribution in [0.15, 0.2) is 6.07 Å². The van der Waals surface area contributed by atoms with Crippen LogP contribution >= 0.6 is 11.6 Å². The van der Waals surface area contributed by atoms with Crippen molar-refractivity contribution in [1.82, 2.24) is 5.48 Å². The van der Waals surface area contributed by atoms with Crippen LogP contribution in [0, 0.1) is 11.6 Å². The van der Waals surface area contributed by atoms with Crippen molar-refractivity contribution in [3.05, 3.63) is 28.3 Å². The lowest BCUT2D eigenvalue weighted by Crippen LogP contribution is -2.13. The lowest BCUT2D eigenvalue weighted by Gasteiger charge is -2.07. The highest BCUT2D eigenvalue weighted by Gasteiger charge is 2.16. The van der Waals surface area contributed by atoms with Crippen molar-refractivity contribution in [3.63, 3.8) is 0 Å². The Kier molecular flexibility index (Phi) is 3.62. The molecule has 0 amide bonds. The molecule has 0 unspecified atom stereocenters. The standard InChI is InChI=1S/C8H8ClF2NO2/c1-14-12-3-4-5(10)2-6(13)7(9)8(4)11/h2,12-13H,3H2,1H3. The van der Waals surface area contributed by atoms with Crippen molar-refractivity contribution in [1.29, 1.82) is 0 Å². The minimum atomic E-state index is -0.992. The van der Waals surface area contributed by atoms with Gasteiger partial charge >= 0.3 is 0 Å². The molecule has 6 heteroatoms. The number of hydroxylamine groups is 1. The lowest BCUT2D eigenvalue weighted by molar-refractivity contribution is 0.0850. The van der Waals surface area contributed by atoms with E-state index in [4.69, 9.17) is 16.7 Å². The minimum absolute atomic E-state index is 0.172. The molecule has 3 nitrogen and oxygen atoms in total. The first-order valence-electron chi connectivity index (χ1n) is 3.69. The summed E-state index contributed by atoms with van der Waals surface area (Å²) in [5.74, 6) is -2.49. The molecule has 0 saturated carbocycles. The van der Waals surface area contributed by atoms with E-state index in [1.807, 2.05) is 0 Å². The molecule has 0 atom stereocenters. The molecule has 1 aromatic carbocycles. The fourth-order valence-electron chi connectivity index (χ4n) is 0.927. The second kappa shape index (κ2) is 4.54. The second-order valence-corrected chi connectivity index (χ2v) is 2.89. The number of aromatic hydroxyl groups is 1. The molecular weight excluding hydrogens is 216 g/mol. The van der Waals surface area contributed by atoms with E-state index in [2.05, 4.69) is 10.3 Å². The quantitative estimate of drug-likeness (QED) is 0.608. The Balaban J connectivity index is 3.09. The predicted octanol–water partition coefficient (Wildman–Crippen LogP) is 1.97. The number of phenols is 1. The van der Waals surface area contributed by atoms with Crippen LogP contribution in [0.5, 0.6) is 5.75 Å². The summed E-state index contributed by atoms with van der Waals surface area (Å²) in [6.07, 6.45) is 0. The summed E-state index contributed by atoms with van der Waals surface area (Å²) in [5, 5.41) is 8.47. The maximum atomic E-state index is 13.2. The molecule has 0 fully saturated rings. The summed E-state index contributed by atoms with van der Waals surface area (Å²) in [4.78, 5) is 4.44. The third-order valence-electron chi connectivity index (χ3n) is 1.63. The molecule has 0 saturated heterocycles. The normalized spacial score (nSPS) is 10.6. The van der Waals surface area contributed by atoms with Gasteiger partial charge in [0.05, 0.1) is 13.7 Å². The number of hydrogen-bond donors (Lipinski definition) is 2. The Morgan fingerprint density at radius 1 is 1.57 bits per heavy atom. The maximum absolute atomic E-state index is 13.2. The first-order valence-corrected chi connectivity index (χ1v) is 4.07. The van der Waals surface area contributed by atoms with Gasteiger partial charge in [0.2, 0.25) is 0 Å². The number of phenolic OH excluding ortho intramolecular Hbond substituents is 1. The molecule has 1 rings (SSSR count). The average Bonchev–Trinajstić information content (AvgIpc) is 2.14. The molecular formula is C8H8ClF2NO2. The van der Waals surface area contributed by atoms with E-state index in [9.17, 15) is 8.78 Å². The van der Waals surface area contributed by atoms with Crippen LogP contribution in [0.2, 0.25) is 5.02 Å². The molecule has 0 radical (unpaired) electrons. The Hall–Kier alpha value is -0.910. The molecule has 0 spiro atoms. The van der Waals surface area contributed by atoms with E-state index in [0.717, 1.165) is 6.07 Å². The van der Waals surface area contributed by atoms with E-state index < -0.39 is 22.4 Å². The molecule has 14 heavy (non-hydrogen) atoms. The van der Waals surface area contributed by atoms with E-state index in [0.29, 0.717) is 0 Å². The van der Waals surface area contributed by atoms with Crippen molar-refractivity contribution < 1.29 is 18.7 Å². The summed E-state index contributed by atoms with van der Waals surface area (Å²) in [7, 11) is 1.32. The topological polar surface area (TPSA) is 41.5 Å². The smallest absolute Gasteiger partial charge is 0.153 e. The zero-order chi connectivity index (χ0) is 10.7. The van der Waals surface area contributed by atoms with Crippen molar-refractivity contribution in [2.75, 3.05) is 7.11 Å². The van der Waals surface area contributed by atoms with Crippen LogP contribution in [-0.4, -0.2) is 12.2 Å². The zero-order valence-electron chi connectivity index (χ0n) is 7.27. The largest absolute Gasteiger partial charge is 0.506 e. The maximum Gasteiger partial charge on any atom is 0.153 e. The zero-order valence-corrected chi connectivity index (χ0v) is 8.03. The third kappa shape index (κ3) is 2.12. The van der Waals surface area contributed by atoms with Crippen LogP contribution in [0.4, 0.5) is 8.78 Å². The van der Waals surface area contributed by atoms with Gasteiger partial charge in [-0.15, -0.1) is 0 Å². The fraction of sp³-hybridized carbons (Fsp3) is 0.250. The Morgan fingerprint density at radius 3 is 2.79 bits per heavy atom. The van der Waals surface area contributed by atoms with Crippen molar-refractivity contribution in [3.8, 4) is 5.75 Å². The minimum Gasteiger partial charge on any atom is -0.506 e. The van der Waals surface area contributed by atoms with Crippen LogP contribution < -0.4 is 5.48 Å². The highest BCUT2D eigenvalue weighted by molar-refractivity contribution is 6.32. The van der Waals surface area contributed by atoms with Gasteiger partial charge in [-0.3, -0.25) is 0 Å². The summed E-state index contributed by atoms with van der Waals surface area (Å²) in [6, 6.07) is 0.748. The van der Waals surface area contributed by atoms with Crippen LogP contribution in [-0.2, 0) is 11.4 Å². The first-order chi connectivity index (χ1) is 6.57. The molecule has 0 aliphatic rings. The van der Waals surface area contributed by atoms with Gasteiger partial charge in [-0.25, -0.2) is 8.78 Å². The van der Waals surface area contributed by atoms with Crippen LogP contribution in [0.3, 0.4) is 0 Å².